The summed E-state index contributed by atoms with van der Waals surface area (Å²) in [4.78, 5) is 1.32. The smallest absolute Gasteiger partial charge is 0.0406 e. The third kappa shape index (κ3) is 5.03. The van der Waals surface area contributed by atoms with Crippen LogP contribution in [-0.2, 0) is 5.75 Å². The minimum atomic E-state index is 0.347. The van der Waals surface area contributed by atoms with Crippen LogP contribution < -0.4 is 5.32 Å². The lowest BCUT2D eigenvalue weighted by atomic mass is 10.1. The number of hydrogen-bond donors (Lipinski definition) is 1. The van der Waals surface area contributed by atoms with E-state index in [1.54, 1.807) is 0 Å². The first-order valence-corrected chi connectivity index (χ1v) is 9.16. The lowest BCUT2D eigenvalue weighted by Crippen LogP contribution is -2.18. The molecule has 21 heavy (non-hydrogen) atoms. The van der Waals surface area contributed by atoms with E-state index in [9.17, 15) is 0 Å². The summed E-state index contributed by atoms with van der Waals surface area (Å²) >= 11 is 11.4. The van der Waals surface area contributed by atoms with Crippen LogP contribution in [0, 0.1) is 0 Å². The molecular formula is C17H19BrClNS. The van der Waals surface area contributed by atoms with Crippen molar-refractivity contribution in [1.82, 2.24) is 5.32 Å². The Morgan fingerprint density at radius 2 is 1.90 bits per heavy atom. The summed E-state index contributed by atoms with van der Waals surface area (Å²) in [6.07, 6.45) is 0. The molecule has 112 valence electrons. The highest BCUT2D eigenvalue weighted by atomic mass is 79.9. The summed E-state index contributed by atoms with van der Waals surface area (Å²) in [6, 6.07) is 14.9. The largest absolute Gasteiger partial charge is 0.310 e. The van der Waals surface area contributed by atoms with Gasteiger partial charge in [-0.05, 0) is 54.9 Å². The van der Waals surface area contributed by atoms with Crippen LogP contribution in [0.1, 0.15) is 31.0 Å². The molecule has 0 spiro atoms. The molecule has 1 unspecified atom stereocenters. The molecule has 0 saturated heterocycles. The molecule has 0 saturated carbocycles. The second-order valence-corrected chi connectivity index (χ2v) is 7.25. The van der Waals surface area contributed by atoms with Crippen molar-refractivity contribution in [2.75, 3.05) is 6.54 Å². The molecule has 4 heteroatoms. The number of halogens is 2. The molecule has 0 amide bonds. The zero-order valence-electron chi connectivity index (χ0n) is 12.2. The van der Waals surface area contributed by atoms with Crippen molar-refractivity contribution >= 4 is 39.3 Å². The second kappa shape index (κ2) is 8.23. The summed E-state index contributed by atoms with van der Waals surface area (Å²) < 4.78 is 1.12. The van der Waals surface area contributed by atoms with E-state index in [4.69, 9.17) is 11.6 Å². The van der Waals surface area contributed by atoms with E-state index < -0.39 is 0 Å². The third-order valence-corrected chi connectivity index (χ3v) is 5.16. The lowest BCUT2D eigenvalue weighted by Gasteiger charge is -2.17. The molecule has 1 N–H and O–H groups in total. The highest BCUT2D eigenvalue weighted by Crippen LogP contribution is 2.32. The molecule has 0 aromatic heterocycles. The molecule has 2 rings (SSSR count). The maximum absolute atomic E-state index is 5.93. The molecule has 0 aliphatic carbocycles. The maximum atomic E-state index is 5.93. The molecule has 0 radical (unpaired) electrons. The standard InChI is InChI=1S/C17H19BrClNS/c1-3-20-12(2)16-10-14(18)6-9-17(16)21-11-13-4-7-15(19)8-5-13/h4-10,12,20H,3,11H2,1-2H3. The van der Waals surface area contributed by atoms with Crippen LogP contribution in [-0.4, -0.2) is 6.54 Å². The molecule has 0 heterocycles. The molecule has 2 aromatic rings. The van der Waals surface area contributed by atoms with Gasteiger partial charge in [0.15, 0.2) is 0 Å². The van der Waals surface area contributed by atoms with Crippen LogP contribution in [0.2, 0.25) is 5.02 Å². The van der Waals surface area contributed by atoms with Crippen LogP contribution in [0.5, 0.6) is 0 Å². The normalized spacial score (nSPS) is 12.4. The van der Waals surface area contributed by atoms with Gasteiger partial charge in [-0.1, -0.05) is 46.6 Å². The van der Waals surface area contributed by atoms with Crippen molar-refractivity contribution in [1.29, 1.82) is 0 Å². The predicted octanol–water partition coefficient (Wildman–Crippen LogP) is 6.07. The highest BCUT2D eigenvalue weighted by Gasteiger charge is 2.11. The fourth-order valence-electron chi connectivity index (χ4n) is 2.15. The molecule has 0 fully saturated rings. The highest BCUT2D eigenvalue weighted by molar-refractivity contribution is 9.10. The first-order chi connectivity index (χ1) is 10.1. The Morgan fingerprint density at radius 3 is 2.57 bits per heavy atom. The van der Waals surface area contributed by atoms with Crippen LogP contribution in [0.3, 0.4) is 0 Å². The van der Waals surface area contributed by atoms with Gasteiger partial charge in [-0.25, -0.2) is 0 Å². The topological polar surface area (TPSA) is 12.0 Å². The fraction of sp³-hybridized carbons (Fsp3) is 0.294. The first-order valence-electron chi connectivity index (χ1n) is 7.00. The van der Waals surface area contributed by atoms with E-state index in [0.717, 1.165) is 21.8 Å². The van der Waals surface area contributed by atoms with E-state index in [1.165, 1.54) is 16.0 Å². The molecule has 1 atom stereocenters. The van der Waals surface area contributed by atoms with Crippen molar-refractivity contribution in [3.63, 3.8) is 0 Å². The average molecular weight is 385 g/mol. The van der Waals surface area contributed by atoms with E-state index >= 15 is 0 Å². The number of rotatable bonds is 6. The number of nitrogens with one attached hydrogen (secondary N) is 1. The van der Waals surface area contributed by atoms with Gasteiger partial charge >= 0.3 is 0 Å². The molecule has 0 bridgehead atoms. The van der Waals surface area contributed by atoms with Gasteiger partial charge < -0.3 is 5.32 Å². The van der Waals surface area contributed by atoms with Gasteiger partial charge in [-0.15, -0.1) is 11.8 Å². The Labute approximate surface area is 144 Å². The van der Waals surface area contributed by atoms with Crippen molar-refractivity contribution in [3.8, 4) is 0 Å². The van der Waals surface area contributed by atoms with Crippen LogP contribution >= 0.6 is 39.3 Å². The molecule has 2 aromatic carbocycles. The lowest BCUT2D eigenvalue weighted by molar-refractivity contribution is 0.589. The Kier molecular flexibility index (Phi) is 6.62. The third-order valence-electron chi connectivity index (χ3n) is 3.26. The first kappa shape index (κ1) is 16.9. The van der Waals surface area contributed by atoms with E-state index in [2.05, 4.69) is 65.4 Å². The van der Waals surface area contributed by atoms with E-state index in [1.807, 2.05) is 23.9 Å². The van der Waals surface area contributed by atoms with Gasteiger partial charge in [0, 0.05) is 26.2 Å². The molecule has 0 aliphatic rings. The van der Waals surface area contributed by atoms with Crippen LogP contribution in [0.25, 0.3) is 0 Å². The van der Waals surface area contributed by atoms with Gasteiger partial charge in [0.1, 0.15) is 0 Å². The van der Waals surface area contributed by atoms with E-state index in [0.29, 0.717) is 6.04 Å². The number of thioether (sulfide) groups is 1. The Hall–Kier alpha value is -0.480. The molecule has 0 aliphatic heterocycles. The van der Waals surface area contributed by atoms with Crippen molar-refractivity contribution in [2.45, 2.75) is 30.5 Å². The van der Waals surface area contributed by atoms with Crippen LogP contribution in [0.15, 0.2) is 51.8 Å². The van der Waals surface area contributed by atoms with Gasteiger partial charge in [0.05, 0.1) is 0 Å². The average Bonchev–Trinajstić information content (AvgIpc) is 2.48. The van der Waals surface area contributed by atoms with Gasteiger partial charge in [-0.3, -0.25) is 0 Å². The SMILES string of the molecule is CCNC(C)c1cc(Br)ccc1SCc1ccc(Cl)cc1. The minimum absolute atomic E-state index is 0.347. The Balaban J connectivity index is 2.13. The zero-order valence-corrected chi connectivity index (χ0v) is 15.4. The van der Waals surface area contributed by atoms with Crippen molar-refractivity contribution in [3.05, 3.63) is 63.1 Å². The summed E-state index contributed by atoms with van der Waals surface area (Å²) in [5, 5.41) is 4.27. The number of benzene rings is 2. The predicted molar refractivity (Wildman–Crippen MR) is 97.2 cm³/mol. The Morgan fingerprint density at radius 1 is 1.19 bits per heavy atom. The van der Waals surface area contributed by atoms with Gasteiger partial charge in [0.25, 0.3) is 0 Å². The minimum Gasteiger partial charge on any atom is -0.310 e. The van der Waals surface area contributed by atoms with Gasteiger partial charge in [-0.2, -0.15) is 0 Å². The van der Waals surface area contributed by atoms with Crippen LogP contribution in [0.4, 0.5) is 0 Å². The second-order valence-electron chi connectivity index (χ2n) is 4.88. The quantitative estimate of drug-likeness (QED) is 0.607. The van der Waals surface area contributed by atoms with Gasteiger partial charge in [0.2, 0.25) is 0 Å². The summed E-state index contributed by atoms with van der Waals surface area (Å²) in [5.74, 6) is 0.949. The monoisotopic (exact) mass is 383 g/mol. The number of hydrogen-bond acceptors (Lipinski definition) is 2. The Bertz CT molecular complexity index is 586. The van der Waals surface area contributed by atoms with Crippen molar-refractivity contribution < 1.29 is 0 Å². The summed E-state index contributed by atoms with van der Waals surface area (Å²) in [7, 11) is 0. The molecule has 1 nitrogen and oxygen atoms in total. The maximum Gasteiger partial charge on any atom is 0.0406 e. The fourth-order valence-corrected chi connectivity index (χ4v) is 3.73. The summed E-state index contributed by atoms with van der Waals surface area (Å²) in [5.41, 5.74) is 2.62. The molecular weight excluding hydrogens is 366 g/mol. The zero-order chi connectivity index (χ0) is 15.2. The summed E-state index contributed by atoms with van der Waals surface area (Å²) in [6.45, 7) is 5.31. The van der Waals surface area contributed by atoms with E-state index in [-0.39, 0.29) is 0 Å². The van der Waals surface area contributed by atoms with Crippen molar-refractivity contribution in [2.24, 2.45) is 0 Å².